The van der Waals surface area contributed by atoms with Gasteiger partial charge in [0, 0.05) is 22.0 Å². The van der Waals surface area contributed by atoms with Crippen LogP contribution in [0.3, 0.4) is 0 Å². The Kier molecular flexibility index (Phi) is 7.85. The van der Waals surface area contributed by atoms with Gasteiger partial charge in [0.15, 0.2) is 5.58 Å². The molecule has 0 radical (unpaired) electrons. The minimum absolute atomic E-state index is 0.853. The van der Waals surface area contributed by atoms with Crippen molar-refractivity contribution in [3.8, 4) is 44.5 Å². The van der Waals surface area contributed by atoms with Gasteiger partial charge in [-0.15, -0.1) is 0 Å². The molecule has 0 bridgehead atoms. The smallest absolute Gasteiger partial charge is 0.159 e. The molecule has 0 aliphatic heterocycles. The summed E-state index contributed by atoms with van der Waals surface area (Å²) in [7, 11) is 0. The Morgan fingerprint density at radius 2 is 0.796 bits per heavy atom. The Morgan fingerprint density at radius 1 is 0.296 bits per heavy atom. The van der Waals surface area contributed by atoms with Gasteiger partial charge in [0.2, 0.25) is 0 Å². The minimum Gasteiger partial charge on any atom is -0.454 e. The van der Waals surface area contributed by atoms with Crippen molar-refractivity contribution in [3.63, 3.8) is 0 Å². The van der Waals surface area contributed by atoms with E-state index in [1.165, 1.54) is 38.6 Å². The Balaban J connectivity index is 1.25. The van der Waals surface area contributed by atoms with E-state index in [1.54, 1.807) is 0 Å². The SMILES string of the molecule is c1ccc(-c2ccc(N(c3ccccc3-c3ccc(-c4ccccc4)c4ccccc34)c3cccc4c3oc3ccccc34)cc2-c2ccccc2)cc1. The number of nitrogens with zero attached hydrogens (tertiary/aromatic N) is 1. The van der Waals surface area contributed by atoms with Crippen molar-refractivity contribution in [2.45, 2.75) is 0 Å². The lowest BCUT2D eigenvalue weighted by molar-refractivity contribution is 0.669. The van der Waals surface area contributed by atoms with Gasteiger partial charge in [-0.3, -0.25) is 0 Å². The highest BCUT2D eigenvalue weighted by atomic mass is 16.3. The molecule has 54 heavy (non-hydrogen) atoms. The molecule has 0 fully saturated rings. The number of hydrogen-bond acceptors (Lipinski definition) is 2. The second kappa shape index (κ2) is 13.4. The molecule has 10 aromatic rings. The molecule has 0 spiro atoms. The number of para-hydroxylation sites is 3. The molecule has 2 heteroatoms. The number of benzene rings is 9. The second-order valence-corrected chi connectivity index (χ2v) is 13.6. The fourth-order valence-electron chi connectivity index (χ4n) is 8.01. The average Bonchev–Trinajstić information content (AvgIpc) is 3.64. The van der Waals surface area contributed by atoms with Crippen molar-refractivity contribution in [1.29, 1.82) is 0 Å². The van der Waals surface area contributed by atoms with Crippen LogP contribution in [-0.4, -0.2) is 0 Å². The molecule has 0 amide bonds. The summed E-state index contributed by atoms with van der Waals surface area (Å²) in [5, 5.41) is 4.63. The highest BCUT2D eigenvalue weighted by Gasteiger charge is 2.24. The maximum atomic E-state index is 6.75. The third-order valence-corrected chi connectivity index (χ3v) is 10.5. The largest absolute Gasteiger partial charge is 0.454 e. The fraction of sp³-hybridized carbons (Fsp3) is 0. The number of hydrogen-bond donors (Lipinski definition) is 0. The first-order chi connectivity index (χ1) is 26.8. The van der Waals surface area contributed by atoms with E-state index in [0.29, 0.717) is 0 Å². The predicted octanol–water partition coefficient (Wildman–Crippen LogP) is 14.9. The second-order valence-electron chi connectivity index (χ2n) is 13.6. The van der Waals surface area contributed by atoms with E-state index in [1.807, 2.05) is 6.07 Å². The van der Waals surface area contributed by atoms with Gasteiger partial charge >= 0.3 is 0 Å². The van der Waals surface area contributed by atoms with Crippen LogP contribution >= 0.6 is 0 Å². The molecule has 0 saturated carbocycles. The van der Waals surface area contributed by atoms with E-state index in [2.05, 4.69) is 211 Å². The average molecular weight is 690 g/mol. The zero-order valence-corrected chi connectivity index (χ0v) is 29.6. The van der Waals surface area contributed by atoms with Crippen molar-refractivity contribution in [2.75, 3.05) is 4.90 Å². The molecule has 0 N–H and O–H groups in total. The topological polar surface area (TPSA) is 16.4 Å². The Bertz CT molecular complexity index is 2930. The molecule has 0 atom stereocenters. The Morgan fingerprint density at radius 3 is 1.52 bits per heavy atom. The van der Waals surface area contributed by atoms with Gasteiger partial charge in [0.1, 0.15) is 5.58 Å². The van der Waals surface area contributed by atoms with Crippen LogP contribution in [0.25, 0.3) is 77.2 Å². The number of anilines is 3. The highest BCUT2D eigenvalue weighted by Crippen LogP contribution is 2.48. The quantitative estimate of drug-likeness (QED) is 0.166. The molecule has 1 heterocycles. The molecule has 1 aromatic heterocycles. The summed E-state index contributed by atoms with van der Waals surface area (Å²) in [5.74, 6) is 0. The van der Waals surface area contributed by atoms with Crippen molar-refractivity contribution >= 4 is 49.8 Å². The van der Waals surface area contributed by atoms with Gasteiger partial charge in [-0.2, -0.15) is 0 Å². The summed E-state index contributed by atoms with van der Waals surface area (Å²) in [5.41, 5.74) is 14.2. The maximum Gasteiger partial charge on any atom is 0.159 e. The van der Waals surface area contributed by atoms with Crippen LogP contribution in [-0.2, 0) is 0 Å². The number of rotatable bonds is 7. The first kappa shape index (κ1) is 31.6. The van der Waals surface area contributed by atoms with Gasteiger partial charge in [0.05, 0.1) is 11.4 Å². The lowest BCUT2D eigenvalue weighted by Gasteiger charge is -2.29. The van der Waals surface area contributed by atoms with E-state index < -0.39 is 0 Å². The predicted molar refractivity (Wildman–Crippen MR) is 228 cm³/mol. The van der Waals surface area contributed by atoms with Crippen LogP contribution in [0.2, 0.25) is 0 Å². The zero-order chi connectivity index (χ0) is 35.8. The molecular weight excluding hydrogens is 655 g/mol. The zero-order valence-electron chi connectivity index (χ0n) is 29.6. The van der Waals surface area contributed by atoms with Crippen molar-refractivity contribution in [1.82, 2.24) is 0 Å². The Labute approximate surface area is 314 Å². The van der Waals surface area contributed by atoms with E-state index in [-0.39, 0.29) is 0 Å². The highest BCUT2D eigenvalue weighted by molar-refractivity contribution is 6.12. The molecule has 0 aliphatic carbocycles. The van der Waals surface area contributed by atoms with Crippen LogP contribution in [0, 0.1) is 0 Å². The number of fused-ring (bicyclic) bond motifs is 4. The molecule has 0 saturated heterocycles. The lowest BCUT2D eigenvalue weighted by atomic mass is 9.90. The summed E-state index contributed by atoms with van der Waals surface area (Å²) in [6.45, 7) is 0. The van der Waals surface area contributed by atoms with Crippen LogP contribution in [0.15, 0.2) is 217 Å². The standard InChI is InChI=1S/C52H35NO/c1-4-17-36(18-5-1)40-33-34-44(43-24-11-10-23-42(40)43)45-25-12-14-28-49(45)53(50-29-16-27-47-46-26-13-15-30-51(46)54-52(47)50)39-31-32-41(37-19-6-2-7-20-37)48(35-39)38-21-8-3-9-22-38/h1-35H. The molecule has 2 nitrogen and oxygen atoms in total. The number of furan rings is 1. The summed E-state index contributed by atoms with van der Waals surface area (Å²) in [4.78, 5) is 2.39. The summed E-state index contributed by atoms with van der Waals surface area (Å²) in [6.07, 6.45) is 0. The fourth-order valence-corrected chi connectivity index (χ4v) is 8.01. The normalized spacial score (nSPS) is 11.3. The van der Waals surface area contributed by atoms with Crippen molar-refractivity contribution in [3.05, 3.63) is 212 Å². The van der Waals surface area contributed by atoms with Crippen LogP contribution < -0.4 is 4.90 Å². The molecule has 0 unspecified atom stereocenters. The minimum atomic E-state index is 0.853. The van der Waals surface area contributed by atoms with E-state index in [9.17, 15) is 0 Å². The lowest BCUT2D eigenvalue weighted by Crippen LogP contribution is -2.12. The van der Waals surface area contributed by atoms with Crippen molar-refractivity contribution < 1.29 is 4.42 Å². The van der Waals surface area contributed by atoms with Gasteiger partial charge in [-0.1, -0.05) is 182 Å². The third-order valence-electron chi connectivity index (χ3n) is 10.5. The van der Waals surface area contributed by atoms with Gasteiger partial charge in [-0.25, -0.2) is 0 Å². The monoisotopic (exact) mass is 689 g/mol. The van der Waals surface area contributed by atoms with Gasteiger partial charge in [-0.05, 0) is 80.0 Å². The maximum absolute atomic E-state index is 6.75. The van der Waals surface area contributed by atoms with Gasteiger partial charge in [0.25, 0.3) is 0 Å². The molecule has 9 aromatic carbocycles. The van der Waals surface area contributed by atoms with E-state index in [0.717, 1.165) is 55.7 Å². The molecule has 0 aliphatic rings. The first-order valence-electron chi connectivity index (χ1n) is 18.4. The van der Waals surface area contributed by atoms with Crippen LogP contribution in [0.4, 0.5) is 17.1 Å². The third kappa shape index (κ3) is 5.44. The van der Waals surface area contributed by atoms with Crippen LogP contribution in [0.5, 0.6) is 0 Å². The summed E-state index contributed by atoms with van der Waals surface area (Å²) in [6, 6.07) is 75.8. The van der Waals surface area contributed by atoms with E-state index >= 15 is 0 Å². The van der Waals surface area contributed by atoms with E-state index in [4.69, 9.17) is 4.42 Å². The molecular formula is C52H35NO. The summed E-state index contributed by atoms with van der Waals surface area (Å²) < 4.78 is 6.75. The summed E-state index contributed by atoms with van der Waals surface area (Å²) >= 11 is 0. The van der Waals surface area contributed by atoms with Crippen LogP contribution in [0.1, 0.15) is 0 Å². The van der Waals surface area contributed by atoms with Gasteiger partial charge < -0.3 is 9.32 Å². The van der Waals surface area contributed by atoms with Crippen molar-refractivity contribution in [2.24, 2.45) is 0 Å². The molecule has 10 rings (SSSR count). The molecule has 254 valence electrons. The first-order valence-corrected chi connectivity index (χ1v) is 18.4. The Hall–Kier alpha value is -7.16.